The van der Waals surface area contributed by atoms with Crippen LogP contribution in [0.25, 0.3) is 10.8 Å². The SMILES string of the molecule is COCCc1cnc(CCc2ccc3c(F)c(CCc4ccc(F)cc4)ccc3c2)nc1. The minimum absolute atomic E-state index is 0.175. The van der Waals surface area contributed by atoms with Crippen molar-refractivity contribution in [1.29, 1.82) is 0 Å². The summed E-state index contributed by atoms with van der Waals surface area (Å²) in [5.41, 5.74) is 3.86. The van der Waals surface area contributed by atoms with Crippen molar-refractivity contribution >= 4 is 10.8 Å². The van der Waals surface area contributed by atoms with Gasteiger partial charge in [-0.2, -0.15) is 0 Å². The first-order chi connectivity index (χ1) is 15.6. The monoisotopic (exact) mass is 432 g/mol. The maximum Gasteiger partial charge on any atom is 0.134 e. The van der Waals surface area contributed by atoms with Gasteiger partial charge in [-0.1, -0.05) is 42.5 Å². The number of methoxy groups -OCH3 is 1. The fourth-order valence-electron chi connectivity index (χ4n) is 3.78. The molecule has 4 rings (SSSR count). The number of nitrogens with zero attached hydrogens (tertiary/aromatic N) is 2. The van der Waals surface area contributed by atoms with Gasteiger partial charge < -0.3 is 4.74 Å². The zero-order valence-electron chi connectivity index (χ0n) is 18.2. The summed E-state index contributed by atoms with van der Waals surface area (Å²) in [5, 5.41) is 1.52. The average Bonchev–Trinajstić information content (AvgIpc) is 2.82. The molecule has 0 aliphatic heterocycles. The van der Waals surface area contributed by atoms with Crippen molar-refractivity contribution in [3.63, 3.8) is 0 Å². The Labute approximate surface area is 187 Å². The summed E-state index contributed by atoms with van der Waals surface area (Å²) in [6, 6.07) is 16.1. The van der Waals surface area contributed by atoms with Crippen molar-refractivity contribution in [1.82, 2.24) is 9.97 Å². The van der Waals surface area contributed by atoms with E-state index >= 15 is 4.39 Å². The second-order valence-electron chi connectivity index (χ2n) is 7.97. The third-order valence-corrected chi connectivity index (χ3v) is 5.69. The molecular weight excluding hydrogens is 406 g/mol. The minimum Gasteiger partial charge on any atom is -0.384 e. The van der Waals surface area contributed by atoms with Crippen LogP contribution >= 0.6 is 0 Å². The Morgan fingerprint density at radius 2 is 1.44 bits per heavy atom. The van der Waals surface area contributed by atoms with Crippen molar-refractivity contribution in [3.8, 4) is 0 Å². The highest BCUT2D eigenvalue weighted by Crippen LogP contribution is 2.24. The highest BCUT2D eigenvalue weighted by molar-refractivity contribution is 5.84. The molecule has 32 heavy (non-hydrogen) atoms. The number of halogens is 2. The molecule has 164 valence electrons. The van der Waals surface area contributed by atoms with Crippen molar-refractivity contribution in [3.05, 3.63) is 107 Å². The number of aromatic nitrogens is 2. The van der Waals surface area contributed by atoms with Gasteiger partial charge in [-0.15, -0.1) is 0 Å². The molecular formula is C27H26F2N2O. The Morgan fingerprint density at radius 1 is 0.719 bits per heavy atom. The van der Waals surface area contributed by atoms with Crippen molar-refractivity contribution in [2.24, 2.45) is 0 Å². The van der Waals surface area contributed by atoms with E-state index in [0.717, 1.165) is 47.2 Å². The lowest BCUT2D eigenvalue weighted by atomic mass is 9.98. The fourth-order valence-corrected chi connectivity index (χ4v) is 3.78. The molecule has 0 N–H and O–H groups in total. The van der Waals surface area contributed by atoms with E-state index in [9.17, 15) is 4.39 Å². The van der Waals surface area contributed by atoms with Crippen molar-refractivity contribution in [2.75, 3.05) is 13.7 Å². The largest absolute Gasteiger partial charge is 0.384 e. The molecule has 5 heteroatoms. The number of ether oxygens (including phenoxy) is 1. The standard InChI is InChI=1S/C27H26F2N2O/c1-32-15-14-21-17-30-26(31-18-21)13-6-20-5-12-25-23(16-20)9-8-22(27(25)29)7-2-19-3-10-24(28)11-4-19/h3-5,8-12,16-18H,2,6-7,13-15H2,1H3. The molecule has 0 saturated heterocycles. The van der Waals surface area contributed by atoms with E-state index in [1.165, 1.54) is 12.1 Å². The maximum absolute atomic E-state index is 15.1. The minimum atomic E-state index is -0.257. The molecule has 0 bridgehead atoms. The van der Waals surface area contributed by atoms with Gasteiger partial charge in [0, 0.05) is 31.3 Å². The van der Waals surface area contributed by atoms with Crippen LogP contribution in [0, 0.1) is 11.6 Å². The summed E-state index contributed by atoms with van der Waals surface area (Å²) in [4.78, 5) is 8.87. The van der Waals surface area contributed by atoms with E-state index in [1.54, 1.807) is 19.2 Å². The molecule has 0 radical (unpaired) electrons. The lowest BCUT2D eigenvalue weighted by Crippen LogP contribution is -2.01. The van der Waals surface area contributed by atoms with Crippen LogP contribution < -0.4 is 0 Å². The summed E-state index contributed by atoms with van der Waals surface area (Å²) in [6.07, 6.45) is 7.28. The lowest BCUT2D eigenvalue weighted by molar-refractivity contribution is 0.202. The number of hydrogen-bond donors (Lipinski definition) is 0. The molecule has 0 aliphatic rings. The molecule has 3 nitrogen and oxygen atoms in total. The van der Waals surface area contributed by atoms with Gasteiger partial charge in [0.05, 0.1) is 6.61 Å². The molecule has 0 aliphatic carbocycles. The van der Waals surface area contributed by atoms with Crippen LogP contribution in [0.2, 0.25) is 0 Å². The summed E-state index contributed by atoms with van der Waals surface area (Å²) in [7, 11) is 1.68. The maximum atomic E-state index is 15.1. The molecule has 0 atom stereocenters. The van der Waals surface area contributed by atoms with E-state index in [1.807, 2.05) is 42.7 Å². The van der Waals surface area contributed by atoms with Gasteiger partial charge in [0.25, 0.3) is 0 Å². The van der Waals surface area contributed by atoms with Crippen LogP contribution in [0.5, 0.6) is 0 Å². The predicted molar refractivity (Wildman–Crippen MR) is 123 cm³/mol. The Morgan fingerprint density at radius 3 is 2.19 bits per heavy atom. The first-order valence-electron chi connectivity index (χ1n) is 10.9. The third kappa shape index (κ3) is 5.54. The average molecular weight is 433 g/mol. The van der Waals surface area contributed by atoms with Crippen LogP contribution in [-0.4, -0.2) is 23.7 Å². The lowest BCUT2D eigenvalue weighted by Gasteiger charge is -2.09. The molecule has 0 fully saturated rings. The Kier molecular flexibility index (Phi) is 7.17. The first kappa shape index (κ1) is 22.0. The van der Waals surface area contributed by atoms with Gasteiger partial charge in [0.1, 0.15) is 17.5 Å². The number of hydrogen-bond acceptors (Lipinski definition) is 3. The van der Waals surface area contributed by atoms with Gasteiger partial charge in [0.2, 0.25) is 0 Å². The molecule has 0 saturated carbocycles. The smallest absolute Gasteiger partial charge is 0.134 e. The molecule has 1 heterocycles. The first-order valence-corrected chi connectivity index (χ1v) is 10.9. The van der Waals surface area contributed by atoms with Crippen LogP contribution in [-0.2, 0) is 36.8 Å². The number of benzene rings is 3. The zero-order chi connectivity index (χ0) is 22.3. The zero-order valence-corrected chi connectivity index (χ0v) is 18.2. The van der Waals surface area contributed by atoms with E-state index < -0.39 is 0 Å². The van der Waals surface area contributed by atoms with Crippen LogP contribution in [0.3, 0.4) is 0 Å². The summed E-state index contributed by atoms with van der Waals surface area (Å²) in [5.74, 6) is 0.367. The second-order valence-corrected chi connectivity index (χ2v) is 7.97. The summed E-state index contributed by atoms with van der Waals surface area (Å²) in [6.45, 7) is 0.657. The predicted octanol–water partition coefficient (Wildman–Crippen LogP) is 5.67. The highest BCUT2D eigenvalue weighted by Gasteiger charge is 2.09. The molecule has 3 aromatic carbocycles. The number of fused-ring (bicyclic) bond motifs is 1. The van der Waals surface area contributed by atoms with Gasteiger partial charge in [-0.05, 0) is 65.5 Å². The second kappa shape index (κ2) is 10.4. The normalized spacial score (nSPS) is 11.2. The topological polar surface area (TPSA) is 35.0 Å². The molecule has 0 spiro atoms. The van der Waals surface area contributed by atoms with Gasteiger partial charge >= 0.3 is 0 Å². The fraction of sp³-hybridized carbons (Fsp3) is 0.259. The number of rotatable bonds is 9. The number of aryl methyl sites for hydroxylation is 4. The molecule has 0 unspecified atom stereocenters. The summed E-state index contributed by atoms with van der Waals surface area (Å²) >= 11 is 0. The van der Waals surface area contributed by atoms with E-state index in [-0.39, 0.29) is 11.6 Å². The van der Waals surface area contributed by atoms with E-state index in [4.69, 9.17) is 4.74 Å². The Balaban J connectivity index is 1.40. The van der Waals surface area contributed by atoms with Crippen molar-refractivity contribution < 1.29 is 13.5 Å². The van der Waals surface area contributed by atoms with Gasteiger partial charge in [-0.25, -0.2) is 18.7 Å². The summed E-state index contributed by atoms with van der Waals surface area (Å²) < 4.78 is 33.2. The van der Waals surface area contributed by atoms with E-state index in [2.05, 4.69) is 9.97 Å². The van der Waals surface area contributed by atoms with Crippen molar-refractivity contribution in [2.45, 2.75) is 32.1 Å². The highest BCUT2D eigenvalue weighted by atomic mass is 19.1. The van der Waals surface area contributed by atoms with Gasteiger partial charge in [-0.3, -0.25) is 0 Å². The van der Waals surface area contributed by atoms with E-state index in [0.29, 0.717) is 30.4 Å². The molecule has 1 aromatic heterocycles. The third-order valence-electron chi connectivity index (χ3n) is 5.69. The van der Waals surface area contributed by atoms with Crippen LogP contribution in [0.4, 0.5) is 8.78 Å². The van der Waals surface area contributed by atoms with Crippen LogP contribution in [0.15, 0.2) is 67.0 Å². The molecule has 0 amide bonds. The Hall–Kier alpha value is -3.18. The Bertz CT molecular complexity index is 1170. The van der Waals surface area contributed by atoms with Crippen LogP contribution in [0.1, 0.15) is 28.1 Å². The van der Waals surface area contributed by atoms with Gasteiger partial charge in [0.15, 0.2) is 0 Å². The molecule has 4 aromatic rings. The quantitative estimate of drug-likeness (QED) is 0.342.